The predicted molar refractivity (Wildman–Crippen MR) is 202 cm³/mol. The minimum absolute atomic E-state index is 0.200. The van der Waals surface area contributed by atoms with Crippen molar-refractivity contribution in [3.05, 3.63) is 82.4 Å². The summed E-state index contributed by atoms with van der Waals surface area (Å²) in [6, 6.07) is 16.0. The largest absolute Gasteiger partial charge is 0.497 e. The number of hydrogen-bond donors (Lipinski definition) is 0. The van der Waals surface area contributed by atoms with Gasteiger partial charge in [0.1, 0.15) is 34.9 Å². The molecule has 4 aromatic rings. The highest BCUT2D eigenvalue weighted by Crippen LogP contribution is 2.58. The Bertz CT molecular complexity index is 2070. The van der Waals surface area contributed by atoms with E-state index in [0.717, 1.165) is 0 Å². The summed E-state index contributed by atoms with van der Waals surface area (Å²) in [6.07, 6.45) is -3.39. The van der Waals surface area contributed by atoms with Crippen LogP contribution in [0.1, 0.15) is 59.8 Å². The molecule has 0 bridgehead atoms. The van der Waals surface area contributed by atoms with Crippen molar-refractivity contribution in [2.24, 2.45) is 0 Å². The number of benzene rings is 4. The quantitative estimate of drug-likeness (QED) is 0.135. The van der Waals surface area contributed by atoms with Crippen molar-refractivity contribution in [3.63, 3.8) is 0 Å². The number of methoxy groups -OCH3 is 8. The molecule has 14 nitrogen and oxygen atoms in total. The van der Waals surface area contributed by atoms with E-state index in [1.54, 1.807) is 63.8 Å². The lowest BCUT2D eigenvalue weighted by Gasteiger charge is -2.43. The van der Waals surface area contributed by atoms with Crippen LogP contribution in [-0.2, 0) is 25.5 Å². The van der Waals surface area contributed by atoms with Gasteiger partial charge in [0, 0.05) is 60.2 Å². The Kier molecular flexibility index (Phi) is 11.8. The second-order valence-electron chi connectivity index (χ2n) is 13.0. The molecule has 6 rings (SSSR count). The van der Waals surface area contributed by atoms with Gasteiger partial charge < -0.3 is 56.8 Å². The Morgan fingerprint density at radius 1 is 0.571 bits per heavy atom. The average molecular weight is 775 g/mol. The Balaban J connectivity index is 1.66. The number of rotatable bonds is 13. The third-order valence-electron chi connectivity index (χ3n) is 9.89. The first-order valence-corrected chi connectivity index (χ1v) is 17.7. The molecule has 14 heteroatoms. The van der Waals surface area contributed by atoms with Gasteiger partial charge in [-0.05, 0) is 30.3 Å². The summed E-state index contributed by atoms with van der Waals surface area (Å²) in [7, 11) is 12.3. The number of esters is 2. The van der Waals surface area contributed by atoms with Gasteiger partial charge in [-0.1, -0.05) is 12.1 Å². The molecule has 4 aromatic carbocycles. The van der Waals surface area contributed by atoms with Crippen LogP contribution in [0.4, 0.5) is 0 Å². The summed E-state index contributed by atoms with van der Waals surface area (Å²) in [5, 5.41) is 0. The molecule has 56 heavy (non-hydrogen) atoms. The third-order valence-corrected chi connectivity index (χ3v) is 9.89. The Morgan fingerprint density at radius 3 is 1.77 bits per heavy atom. The predicted octanol–water partition coefficient (Wildman–Crippen LogP) is 6.56. The SMILES string of the molecule is COc1ccc(C2c3c(cc(OC)c4c3OC(c3ccc(OC)c(OC)c3)C(OC(C)=O)C4)OC(c3cc(OC)c(OC)c(OC)c3)C2OC(C)=O)c(OC)c1. The average Bonchev–Trinajstić information content (AvgIpc) is 3.21. The lowest BCUT2D eigenvalue weighted by Crippen LogP contribution is -2.40. The van der Waals surface area contributed by atoms with E-state index in [-0.39, 0.29) is 6.42 Å². The van der Waals surface area contributed by atoms with Crippen LogP contribution in [0.25, 0.3) is 0 Å². The van der Waals surface area contributed by atoms with Crippen molar-refractivity contribution >= 4 is 11.9 Å². The van der Waals surface area contributed by atoms with Crippen LogP contribution in [0.15, 0.2) is 54.6 Å². The highest BCUT2D eigenvalue weighted by atomic mass is 16.6. The van der Waals surface area contributed by atoms with Crippen LogP contribution in [-0.4, -0.2) is 81.0 Å². The first kappa shape index (κ1) is 39.5. The highest BCUT2D eigenvalue weighted by Gasteiger charge is 2.49. The lowest BCUT2D eigenvalue weighted by atomic mass is 9.77. The van der Waals surface area contributed by atoms with Gasteiger partial charge in [0.25, 0.3) is 0 Å². The van der Waals surface area contributed by atoms with Gasteiger partial charge in [-0.3, -0.25) is 9.59 Å². The van der Waals surface area contributed by atoms with Crippen LogP contribution >= 0.6 is 0 Å². The first-order valence-electron chi connectivity index (χ1n) is 17.7. The van der Waals surface area contributed by atoms with Crippen molar-refractivity contribution in [2.75, 3.05) is 56.9 Å². The molecule has 5 unspecified atom stereocenters. The fourth-order valence-electron chi connectivity index (χ4n) is 7.51. The minimum atomic E-state index is -1.03. The Labute approximate surface area is 325 Å². The van der Waals surface area contributed by atoms with E-state index in [0.29, 0.717) is 85.3 Å². The van der Waals surface area contributed by atoms with E-state index >= 15 is 0 Å². The van der Waals surface area contributed by atoms with Crippen molar-refractivity contribution in [3.8, 4) is 57.5 Å². The monoisotopic (exact) mass is 774 g/mol. The molecule has 0 aromatic heterocycles. The van der Waals surface area contributed by atoms with Crippen LogP contribution < -0.4 is 47.4 Å². The second kappa shape index (κ2) is 16.7. The number of hydrogen-bond acceptors (Lipinski definition) is 14. The Morgan fingerprint density at radius 2 is 1.20 bits per heavy atom. The maximum Gasteiger partial charge on any atom is 0.303 e. The summed E-state index contributed by atoms with van der Waals surface area (Å²) in [4.78, 5) is 25.7. The maximum atomic E-state index is 13.1. The molecule has 2 aliphatic heterocycles. The van der Waals surface area contributed by atoms with Gasteiger partial charge in [-0.25, -0.2) is 0 Å². The second-order valence-corrected chi connectivity index (χ2v) is 13.0. The third kappa shape index (κ3) is 7.30. The zero-order valence-electron chi connectivity index (χ0n) is 33.0. The summed E-state index contributed by atoms with van der Waals surface area (Å²) >= 11 is 0. The van der Waals surface area contributed by atoms with Gasteiger partial charge in [0.05, 0.1) is 62.8 Å². The molecule has 0 N–H and O–H groups in total. The number of carbonyl (C=O) groups is 2. The first-order chi connectivity index (χ1) is 27.0. The van der Waals surface area contributed by atoms with Crippen molar-refractivity contribution in [1.82, 2.24) is 0 Å². The Hall–Kier alpha value is -6.18. The normalized spacial score (nSPS) is 19.4. The fourth-order valence-corrected chi connectivity index (χ4v) is 7.51. The van der Waals surface area contributed by atoms with Crippen LogP contribution in [0.5, 0.6) is 57.5 Å². The smallest absolute Gasteiger partial charge is 0.303 e. The van der Waals surface area contributed by atoms with Gasteiger partial charge >= 0.3 is 11.9 Å². The van der Waals surface area contributed by atoms with E-state index < -0.39 is 42.3 Å². The molecule has 0 fully saturated rings. The maximum absolute atomic E-state index is 13.1. The van der Waals surface area contributed by atoms with E-state index in [1.165, 1.54) is 49.4 Å². The summed E-state index contributed by atoms with van der Waals surface area (Å²) in [6.45, 7) is 2.68. The standard InChI is InChI=1S/C42H46O14/c1-21(43)53-35-19-27-30(48-6)20-32-37(40(27)56-38(35)23-11-14-28(46-4)31(15-23)49-7)36(26-13-12-25(45-3)18-29(26)47-5)42(54-22(2)44)39(55-32)24-16-33(50-8)41(52-10)34(17-24)51-9/h11-18,20,35-36,38-39,42H,19H2,1-10H3. The number of fused-ring (bicyclic) bond motifs is 3. The molecule has 2 heterocycles. The molecule has 0 saturated carbocycles. The molecular formula is C42H46O14. The zero-order valence-corrected chi connectivity index (χ0v) is 33.0. The van der Waals surface area contributed by atoms with E-state index in [4.69, 9.17) is 56.8 Å². The molecule has 2 aliphatic rings. The van der Waals surface area contributed by atoms with Crippen molar-refractivity contribution < 1.29 is 66.4 Å². The molecule has 0 aliphatic carbocycles. The van der Waals surface area contributed by atoms with E-state index in [1.807, 2.05) is 12.1 Å². The minimum Gasteiger partial charge on any atom is -0.497 e. The molecule has 5 atom stereocenters. The molecule has 0 saturated heterocycles. The molecule has 298 valence electrons. The topological polar surface area (TPSA) is 145 Å². The number of carbonyl (C=O) groups excluding carboxylic acids is 2. The van der Waals surface area contributed by atoms with Crippen LogP contribution in [0.2, 0.25) is 0 Å². The summed E-state index contributed by atoms with van der Waals surface area (Å²) in [5.41, 5.74) is 3.01. The lowest BCUT2D eigenvalue weighted by molar-refractivity contribution is -0.154. The molecule has 0 radical (unpaired) electrons. The molecule has 0 amide bonds. The van der Waals surface area contributed by atoms with Gasteiger partial charge in [0.15, 0.2) is 41.3 Å². The van der Waals surface area contributed by atoms with Crippen molar-refractivity contribution in [1.29, 1.82) is 0 Å². The molecular weight excluding hydrogens is 728 g/mol. The van der Waals surface area contributed by atoms with Gasteiger partial charge in [0.2, 0.25) is 5.75 Å². The van der Waals surface area contributed by atoms with Crippen LogP contribution in [0, 0.1) is 0 Å². The summed E-state index contributed by atoms with van der Waals surface area (Å²) in [5.74, 6) is 2.46. The summed E-state index contributed by atoms with van der Waals surface area (Å²) < 4.78 is 71.8. The molecule has 0 spiro atoms. The number of ether oxygens (including phenoxy) is 12. The van der Waals surface area contributed by atoms with Crippen LogP contribution in [0.3, 0.4) is 0 Å². The van der Waals surface area contributed by atoms with E-state index in [9.17, 15) is 9.59 Å². The zero-order chi connectivity index (χ0) is 40.3. The highest BCUT2D eigenvalue weighted by molar-refractivity contribution is 5.70. The van der Waals surface area contributed by atoms with Gasteiger partial charge in [-0.15, -0.1) is 0 Å². The van der Waals surface area contributed by atoms with Gasteiger partial charge in [-0.2, -0.15) is 0 Å². The van der Waals surface area contributed by atoms with Crippen molar-refractivity contribution in [2.45, 2.75) is 50.6 Å². The van der Waals surface area contributed by atoms with E-state index in [2.05, 4.69) is 0 Å². The fraction of sp³-hybridized carbons (Fsp3) is 0.381.